The van der Waals surface area contributed by atoms with Crippen LogP contribution in [-0.4, -0.2) is 0 Å². The monoisotopic (exact) mass is 277 g/mol. The smallest absolute Gasteiger partial charge is 0.0215 e. The summed E-state index contributed by atoms with van der Waals surface area (Å²) in [5, 5.41) is 0. The fraction of sp³-hybridized carbons (Fsp3) is 0.381. The number of hydrogen-bond acceptors (Lipinski definition) is 0. The SMILES string of the molecule is CC(C)(C)c1ccc2c(c1)[CH]c1c-2cccc1C(C)(C)C. The third-order valence-electron chi connectivity index (χ3n) is 4.42. The van der Waals surface area contributed by atoms with Crippen LogP contribution >= 0.6 is 0 Å². The molecule has 0 unspecified atom stereocenters. The molecule has 1 aliphatic carbocycles. The highest BCUT2D eigenvalue weighted by molar-refractivity contribution is 5.83. The quantitative estimate of drug-likeness (QED) is 0.482. The summed E-state index contributed by atoms with van der Waals surface area (Å²) in [6, 6.07) is 13.7. The second kappa shape index (κ2) is 4.47. The molecule has 0 nitrogen and oxygen atoms in total. The second-order valence-electron chi connectivity index (χ2n) is 8.21. The molecule has 0 atom stereocenters. The van der Waals surface area contributed by atoms with Crippen LogP contribution < -0.4 is 0 Å². The van der Waals surface area contributed by atoms with Gasteiger partial charge in [0.05, 0.1) is 0 Å². The Morgan fingerprint density at radius 3 is 2.05 bits per heavy atom. The third kappa shape index (κ3) is 2.41. The van der Waals surface area contributed by atoms with Crippen LogP contribution in [0.4, 0.5) is 0 Å². The van der Waals surface area contributed by atoms with Crippen molar-refractivity contribution in [2.24, 2.45) is 0 Å². The van der Waals surface area contributed by atoms with E-state index in [0.29, 0.717) is 0 Å². The highest BCUT2D eigenvalue weighted by Crippen LogP contribution is 2.43. The van der Waals surface area contributed by atoms with Crippen molar-refractivity contribution in [1.82, 2.24) is 0 Å². The van der Waals surface area contributed by atoms with Gasteiger partial charge in [0.2, 0.25) is 0 Å². The average molecular weight is 277 g/mol. The van der Waals surface area contributed by atoms with Gasteiger partial charge in [0.1, 0.15) is 0 Å². The van der Waals surface area contributed by atoms with Crippen LogP contribution in [0.2, 0.25) is 0 Å². The Balaban J connectivity index is 2.14. The molecule has 21 heavy (non-hydrogen) atoms. The Labute approximate surface area is 129 Å². The molecule has 2 aromatic carbocycles. The van der Waals surface area contributed by atoms with Crippen LogP contribution in [0.5, 0.6) is 0 Å². The summed E-state index contributed by atoms with van der Waals surface area (Å²) in [6.07, 6.45) is 2.38. The third-order valence-corrected chi connectivity index (χ3v) is 4.42. The van der Waals surface area contributed by atoms with Gasteiger partial charge in [-0.1, -0.05) is 77.9 Å². The Hall–Kier alpha value is -1.56. The lowest BCUT2D eigenvalue weighted by molar-refractivity contribution is 0.587. The van der Waals surface area contributed by atoms with E-state index >= 15 is 0 Å². The highest BCUT2D eigenvalue weighted by atomic mass is 14.3. The molecule has 0 heterocycles. The van der Waals surface area contributed by atoms with E-state index < -0.39 is 0 Å². The molecular formula is C21H25. The Morgan fingerprint density at radius 1 is 0.714 bits per heavy atom. The van der Waals surface area contributed by atoms with Crippen LogP contribution in [0.15, 0.2) is 36.4 Å². The van der Waals surface area contributed by atoms with E-state index in [1.807, 2.05) is 0 Å². The summed E-state index contributed by atoms with van der Waals surface area (Å²) in [6.45, 7) is 13.7. The zero-order chi connectivity index (χ0) is 15.4. The molecular weight excluding hydrogens is 252 g/mol. The summed E-state index contributed by atoms with van der Waals surface area (Å²) in [7, 11) is 0. The molecule has 0 saturated heterocycles. The molecule has 0 amide bonds. The van der Waals surface area contributed by atoms with Gasteiger partial charge < -0.3 is 0 Å². The number of fused-ring (bicyclic) bond motifs is 3. The van der Waals surface area contributed by atoms with Crippen LogP contribution in [-0.2, 0) is 10.8 Å². The van der Waals surface area contributed by atoms with Gasteiger partial charge in [0.15, 0.2) is 0 Å². The first-order valence-electron chi connectivity index (χ1n) is 7.81. The second-order valence-corrected chi connectivity index (χ2v) is 8.21. The largest absolute Gasteiger partial charge is 0.0613 e. The minimum absolute atomic E-state index is 0.177. The molecule has 0 N–H and O–H groups in total. The molecule has 3 rings (SSSR count). The van der Waals surface area contributed by atoms with Gasteiger partial charge in [-0.2, -0.15) is 0 Å². The first-order chi connectivity index (χ1) is 9.68. The van der Waals surface area contributed by atoms with E-state index in [-0.39, 0.29) is 10.8 Å². The van der Waals surface area contributed by atoms with E-state index in [2.05, 4.69) is 84.4 Å². The van der Waals surface area contributed by atoms with Crippen molar-refractivity contribution < 1.29 is 0 Å². The van der Waals surface area contributed by atoms with Crippen molar-refractivity contribution in [1.29, 1.82) is 0 Å². The molecule has 109 valence electrons. The predicted molar refractivity (Wildman–Crippen MR) is 91.8 cm³/mol. The molecule has 0 saturated carbocycles. The zero-order valence-electron chi connectivity index (χ0n) is 14.0. The van der Waals surface area contributed by atoms with Crippen molar-refractivity contribution in [3.05, 3.63) is 65.1 Å². The minimum atomic E-state index is 0.177. The lowest BCUT2D eigenvalue weighted by Crippen LogP contribution is -2.13. The lowest BCUT2D eigenvalue weighted by Gasteiger charge is -2.22. The minimum Gasteiger partial charge on any atom is -0.0613 e. The normalized spacial score (nSPS) is 14.0. The maximum Gasteiger partial charge on any atom is 0.0215 e. The van der Waals surface area contributed by atoms with E-state index in [1.165, 1.54) is 33.4 Å². The molecule has 0 aromatic heterocycles. The first kappa shape index (κ1) is 14.4. The van der Waals surface area contributed by atoms with Gasteiger partial charge in [-0.25, -0.2) is 0 Å². The molecule has 0 fully saturated rings. The Bertz CT molecular complexity index is 691. The summed E-state index contributed by atoms with van der Waals surface area (Å²) < 4.78 is 0. The van der Waals surface area contributed by atoms with E-state index in [0.717, 1.165) is 0 Å². The van der Waals surface area contributed by atoms with Crippen LogP contribution in [0, 0.1) is 6.42 Å². The summed E-state index contributed by atoms with van der Waals surface area (Å²) in [5.41, 5.74) is 8.76. The van der Waals surface area contributed by atoms with Gasteiger partial charge in [0.25, 0.3) is 0 Å². The molecule has 0 spiro atoms. The molecule has 0 bridgehead atoms. The van der Waals surface area contributed by atoms with E-state index in [4.69, 9.17) is 0 Å². The highest BCUT2D eigenvalue weighted by Gasteiger charge is 2.27. The number of benzene rings is 2. The van der Waals surface area contributed by atoms with Crippen LogP contribution in [0.1, 0.15) is 63.8 Å². The number of hydrogen-bond donors (Lipinski definition) is 0. The van der Waals surface area contributed by atoms with Crippen LogP contribution in [0.3, 0.4) is 0 Å². The fourth-order valence-electron chi connectivity index (χ4n) is 3.16. The maximum absolute atomic E-state index is 2.38. The molecule has 1 radical (unpaired) electrons. The van der Waals surface area contributed by atoms with Gasteiger partial charge in [0, 0.05) is 6.42 Å². The van der Waals surface area contributed by atoms with E-state index in [1.54, 1.807) is 0 Å². The standard InChI is InChI=1S/C21H25/c1-20(2,3)15-10-11-16-14(12-15)13-18-17(16)8-7-9-19(18)21(4,5)6/h7-13H,1-6H3. The molecule has 0 aliphatic heterocycles. The van der Waals surface area contributed by atoms with Crippen molar-refractivity contribution >= 4 is 0 Å². The predicted octanol–water partition coefficient (Wildman–Crippen LogP) is 5.86. The van der Waals surface area contributed by atoms with Crippen LogP contribution in [0.25, 0.3) is 11.1 Å². The van der Waals surface area contributed by atoms with Crippen molar-refractivity contribution in [2.45, 2.75) is 52.4 Å². The number of rotatable bonds is 0. The molecule has 2 aromatic rings. The van der Waals surface area contributed by atoms with Crippen molar-refractivity contribution in [3.63, 3.8) is 0 Å². The Morgan fingerprint density at radius 2 is 1.43 bits per heavy atom. The van der Waals surface area contributed by atoms with Crippen molar-refractivity contribution in [3.8, 4) is 11.1 Å². The topological polar surface area (TPSA) is 0 Å². The first-order valence-corrected chi connectivity index (χ1v) is 7.81. The lowest BCUT2D eigenvalue weighted by atomic mass is 9.82. The average Bonchev–Trinajstić information content (AvgIpc) is 2.73. The van der Waals surface area contributed by atoms with Crippen molar-refractivity contribution in [2.75, 3.05) is 0 Å². The summed E-state index contributed by atoms with van der Waals surface area (Å²) in [4.78, 5) is 0. The Kier molecular flexibility index (Phi) is 3.06. The van der Waals surface area contributed by atoms with Gasteiger partial charge in [-0.05, 0) is 44.2 Å². The van der Waals surface area contributed by atoms with E-state index in [9.17, 15) is 0 Å². The molecule has 0 heteroatoms. The molecule has 1 aliphatic rings. The summed E-state index contributed by atoms with van der Waals surface area (Å²) in [5.74, 6) is 0. The van der Waals surface area contributed by atoms with Gasteiger partial charge in [-0.3, -0.25) is 0 Å². The van der Waals surface area contributed by atoms with Gasteiger partial charge >= 0.3 is 0 Å². The fourth-order valence-corrected chi connectivity index (χ4v) is 3.16. The summed E-state index contributed by atoms with van der Waals surface area (Å²) >= 11 is 0. The van der Waals surface area contributed by atoms with Gasteiger partial charge in [-0.15, -0.1) is 0 Å². The zero-order valence-corrected chi connectivity index (χ0v) is 14.0. The maximum atomic E-state index is 2.38.